The Morgan fingerprint density at radius 2 is 1.70 bits per heavy atom. The second-order valence-electron chi connectivity index (χ2n) is 6.87. The van der Waals surface area contributed by atoms with E-state index in [1.54, 1.807) is 0 Å². The molecule has 0 saturated heterocycles. The molecule has 4 nitrogen and oxygen atoms in total. The first-order valence-electron chi connectivity index (χ1n) is 9.41. The molecule has 5 heteroatoms. The van der Waals surface area contributed by atoms with Crippen LogP contribution in [0.1, 0.15) is 55.0 Å². The number of nitrogens with one attached hydrogen (secondary N) is 1. The predicted octanol–water partition coefficient (Wildman–Crippen LogP) is 6.79. The lowest BCUT2D eigenvalue weighted by molar-refractivity contribution is 0.443. The molecular formula is C22H22BrN3O. The van der Waals surface area contributed by atoms with Crippen molar-refractivity contribution in [2.24, 2.45) is 0 Å². The summed E-state index contributed by atoms with van der Waals surface area (Å²) >= 11 is 3.42. The van der Waals surface area contributed by atoms with E-state index >= 15 is 0 Å². The highest BCUT2D eigenvalue weighted by atomic mass is 79.9. The molecule has 1 aromatic heterocycles. The van der Waals surface area contributed by atoms with E-state index < -0.39 is 0 Å². The maximum atomic E-state index is 5.69. The van der Waals surface area contributed by atoms with Crippen LogP contribution in [-0.4, -0.2) is 10.2 Å². The van der Waals surface area contributed by atoms with Crippen molar-refractivity contribution in [2.75, 3.05) is 5.32 Å². The molecule has 0 atom stereocenters. The molecule has 0 unspecified atom stereocenters. The summed E-state index contributed by atoms with van der Waals surface area (Å²) in [5.41, 5.74) is 3.58. The van der Waals surface area contributed by atoms with Gasteiger partial charge in [0.1, 0.15) is 0 Å². The minimum Gasteiger partial charge on any atom is -0.404 e. The Morgan fingerprint density at radius 3 is 2.52 bits per heavy atom. The third kappa shape index (κ3) is 4.66. The molecule has 0 radical (unpaired) electrons. The van der Waals surface area contributed by atoms with Crippen LogP contribution in [0, 0.1) is 0 Å². The van der Waals surface area contributed by atoms with Gasteiger partial charge in [-0.05, 0) is 60.2 Å². The van der Waals surface area contributed by atoms with Crippen molar-refractivity contribution in [3.8, 4) is 0 Å². The van der Waals surface area contributed by atoms with Gasteiger partial charge in [-0.15, -0.1) is 5.10 Å². The molecule has 0 aliphatic heterocycles. The Balaban J connectivity index is 1.47. The lowest BCUT2D eigenvalue weighted by Gasteiger charge is -2.23. The van der Waals surface area contributed by atoms with Crippen LogP contribution in [0.2, 0.25) is 0 Å². The van der Waals surface area contributed by atoms with Gasteiger partial charge in [0.05, 0.1) is 0 Å². The molecular weight excluding hydrogens is 402 g/mol. The molecule has 4 rings (SSSR count). The van der Waals surface area contributed by atoms with Gasteiger partial charge in [0.15, 0.2) is 0 Å². The molecule has 1 heterocycles. The normalized spacial score (nSPS) is 15.3. The highest BCUT2D eigenvalue weighted by Crippen LogP contribution is 2.34. The summed E-state index contributed by atoms with van der Waals surface area (Å²) in [4.78, 5) is 0. The number of nitrogens with zero attached hydrogens (tertiary/aromatic N) is 2. The summed E-state index contributed by atoms with van der Waals surface area (Å²) in [5.74, 6) is 1.16. The zero-order chi connectivity index (χ0) is 18.5. The summed E-state index contributed by atoms with van der Waals surface area (Å²) < 4.78 is 6.72. The zero-order valence-corrected chi connectivity index (χ0v) is 16.7. The number of anilines is 2. The van der Waals surface area contributed by atoms with Crippen LogP contribution in [0.3, 0.4) is 0 Å². The molecule has 3 aromatic rings. The van der Waals surface area contributed by atoms with Gasteiger partial charge >= 0.3 is 6.01 Å². The Hall–Kier alpha value is -2.40. The number of hydrogen-bond donors (Lipinski definition) is 1. The fraction of sp³-hybridized carbons (Fsp3) is 0.273. The number of halogens is 1. The first kappa shape index (κ1) is 18.0. The highest BCUT2D eigenvalue weighted by Gasteiger charge is 2.17. The van der Waals surface area contributed by atoms with Gasteiger partial charge in [0.2, 0.25) is 5.89 Å². The van der Waals surface area contributed by atoms with E-state index in [-0.39, 0.29) is 0 Å². The highest BCUT2D eigenvalue weighted by molar-refractivity contribution is 9.10. The third-order valence-corrected chi connectivity index (χ3v) is 5.51. The third-order valence-electron chi connectivity index (χ3n) is 4.98. The van der Waals surface area contributed by atoms with Crippen LogP contribution in [0.5, 0.6) is 0 Å². The fourth-order valence-corrected chi connectivity index (χ4v) is 3.88. The summed E-state index contributed by atoms with van der Waals surface area (Å²) in [6.45, 7) is 0. The van der Waals surface area contributed by atoms with Gasteiger partial charge < -0.3 is 9.73 Å². The first-order valence-corrected chi connectivity index (χ1v) is 10.2. The maximum absolute atomic E-state index is 5.69. The molecule has 27 heavy (non-hydrogen) atoms. The van der Waals surface area contributed by atoms with E-state index in [9.17, 15) is 0 Å². The number of aromatic nitrogens is 2. The van der Waals surface area contributed by atoms with Crippen molar-refractivity contribution in [2.45, 2.75) is 38.0 Å². The average molecular weight is 424 g/mol. The minimum atomic E-state index is 0.387. The summed E-state index contributed by atoms with van der Waals surface area (Å²) in [7, 11) is 0. The second-order valence-corrected chi connectivity index (χ2v) is 7.79. The molecule has 1 N–H and O–H groups in total. The van der Waals surface area contributed by atoms with E-state index in [1.807, 2.05) is 30.3 Å². The topological polar surface area (TPSA) is 51.0 Å². The lowest BCUT2D eigenvalue weighted by Crippen LogP contribution is -2.05. The molecule has 1 saturated carbocycles. The molecule has 1 aliphatic rings. The van der Waals surface area contributed by atoms with E-state index in [0.29, 0.717) is 17.8 Å². The minimum absolute atomic E-state index is 0.387. The quantitative estimate of drug-likeness (QED) is 0.490. The van der Waals surface area contributed by atoms with Gasteiger partial charge in [-0.25, -0.2) is 0 Å². The van der Waals surface area contributed by atoms with Crippen molar-refractivity contribution >= 4 is 39.8 Å². The number of rotatable bonds is 5. The van der Waals surface area contributed by atoms with E-state index in [1.165, 1.54) is 43.2 Å². The molecule has 1 aliphatic carbocycles. The summed E-state index contributed by atoms with van der Waals surface area (Å²) in [5, 5.41) is 11.3. The van der Waals surface area contributed by atoms with Crippen LogP contribution in [0.4, 0.5) is 11.7 Å². The number of hydrogen-bond acceptors (Lipinski definition) is 4. The van der Waals surface area contributed by atoms with Gasteiger partial charge in [0.25, 0.3) is 0 Å². The summed E-state index contributed by atoms with van der Waals surface area (Å²) in [6, 6.07) is 16.8. The first-order chi connectivity index (χ1) is 13.3. The van der Waals surface area contributed by atoms with Crippen molar-refractivity contribution in [3.63, 3.8) is 0 Å². The van der Waals surface area contributed by atoms with Gasteiger partial charge in [-0.1, -0.05) is 64.6 Å². The lowest BCUT2D eigenvalue weighted by atomic mass is 9.82. The Bertz CT molecular complexity index is 911. The van der Waals surface area contributed by atoms with E-state index in [4.69, 9.17) is 4.42 Å². The zero-order valence-electron chi connectivity index (χ0n) is 15.1. The van der Waals surface area contributed by atoms with Crippen molar-refractivity contribution in [1.82, 2.24) is 10.2 Å². The van der Waals surface area contributed by atoms with Crippen molar-refractivity contribution < 1.29 is 4.42 Å². The largest absolute Gasteiger partial charge is 0.404 e. The standard InChI is InChI=1S/C22H22BrN3O/c23-18-11-13-19(14-12-18)24-22-26-25-21(27-22)15-10-17-8-4-5-9-20(17)16-6-2-1-3-7-16/h4-5,8-16H,1-3,6-7H2,(H,24,26)/b15-10+. The molecule has 138 valence electrons. The SMILES string of the molecule is Brc1ccc(Nc2nnc(/C=C/c3ccccc3C3CCCCC3)o2)cc1. The van der Waals surface area contributed by atoms with Crippen LogP contribution >= 0.6 is 15.9 Å². The van der Waals surface area contributed by atoms with Gasteiger partial charge in [-0.3, -0.25) is 0 Å². The molecule has 0 amide bonds. The van der Waals surface area contributed by atoms with E-state index in [0.717, 1.165) is 10.2 Å². The smallest absolute Gasteiger partial charge is 0.320 e. The van der Waals surface area contributed by atoms with Crippen LogP contribution in [0.25, 0.3) is 12.2 Å². The molecule has 0 bridgehead atoms. The predicted molar refractivity (Wildman–Crippen MR) is 113 cm³/mol. The maximum Gasteiger partial charge on any atom is 0.320 e. The number of benzene rings is 2. The molecule has 1 fully saturated rings. The molecule has 2 aromatic carbocycles. The average Bonchev–Trinajstić information content (AvgIpc) is 3.16. The van der Waals surface area contributed by atoms with E-state index in [2.05, 4.69) is 61.8 Å². The fourth-order valence-electron chi connectivity index (χ4n) is 3.62. The van der Waals surface area contributed by atoms with Crippen LogP contribution in [0.15, 0.2) is 57.4 Å². The Morgan fingerprint density at radius 1 is 0.926 bits per heavy atom. The summed E-state index contributed by atoms with van der Waals surface area (Å²) in [6.07, 6.45) is 10.6. The van der Waals surface area contributed by atoms with Crippen molar-refractivity contribution in [1.29, 1.82) is 0 Å². The van der Waals surface area contributed by atoms with Crippen molar-refractivity contribution in [3.05, 3.63) is 70.0 Å². The Kier molecular flexibility index (Phi) is 5.68. The van der Waals surface area contributed by atoms with Crippen LogP contribution in [-0.2, 0) is 0 Å². The van der Waals surface area contributed by atoms with Gasteiger partial charge in [0, 0.05) is 16.2 Å². The monoisotopic (exact) mass is 423 g/mol. The van der Waals surface area contributed by atoms with Gasteiger partial charge in [-0.2, -0.15) is 0 Å². The Labute approximate surface area is 167 Å². The molecule has 0 spiro atoms. The second kappa shape index (κ2) is 8.53. The van der Waals surface area contributed by atoms with Crippen LogP contribution < -0.4 is 5.32 Å².